The van der Waals surface area contributed by atoms with Crippen LogP contribution < -0.4 is 10.6 Å². The van der Waals surface area contributed by atoms with Gasteiger partial charge in [0.05, 0.1) is 27.9 Å². The third kappa shape index (κ3) is 6.48. The van der Waals surface area contributed by atoms with Crippen molar-refractivity contribution in [2.45, 2.75) is 51.8 Å². The summed E-state index contributed by atoms with van der Waals surface area (Å²) in [6.45, 7) is 7.71. The second-order valence-corrected chi connectivity index (χ2v) is 12.2. The Hall–Kier alpha value is -3.41. The Morgan fingerprint density at radius 2 is 1.88 bits per heavy atom. The lowest BCUT2D eigenvalue weighted by atomic mass is 10.0. The molecule has 12 heteroatoms. The van der Waals surface area contributed by atoms with Crippen molar-refractivity contribution in [2.24, 2.45) is 0 Å². The Labute approximate surface area is 241 Å². The summed E-state index contributed by atoms with van der Waals surface area (Å²) >= 11 is 7.63. The van der Waals surface area contributed by atoms with Crippen molar-refractivity contribution < 1.29 is 19.1 Å². The predicted octanol–water partition coefficient (Wildman–Crippen LogP) is 5.82. The number of piperidine rings is 1. The van der Waals surface area contributed by atoms with Gasteiger partial charge in [0.2, 0.25) is 5.95 Å². The number of thiazole rings is 1. The van der Waals surface area contributed by atoms with E-state index in [9.17, 15) is 9.59 Å². The molecule has 1 fully saturated rings. The predicted molar refractivity (Wildman–Crippen MR) is 158 cm³/mol. The molecule has 212 valence electrons. The van der Waals surface area contributed by atoms with E-state index in [-0.39, 0.29) is 18.0 Å². The number of hydrogen-bond acceptors (Lipinski definition) is 8. The maximum Gasteiger partial charge on any atom is 0.410 e. The van der Waals surface area contributed by atoms with Crippen molar-refractivity contribution in [1.29, 1.82) is 0 Å². The molecular weight excluding hydrogens is 552 g/mol. The second kappa shape index (κ2) is 11.6. The van der Waals surface area contributed by atoms with Crippen LogP contribution in [0.25, 0.3) is 21.3 Å². The van der Waals surface area contributed by atoms with Gasteiger partial charge in [0.15, 0.2) is 5.13 Å². The van der Waals surface area contributed by atoms with Gasteiger partial charge in [-0.25, -0.2) is 14.8 Å². The van der Waals surface area contributed by atoms with Gasteiger partial charge in [-0.2, -0.15) is 0 Å². The van der Waals surface area contributed by atoms with E-state index >= 15 is 0 Å². The molecule has 4 aromatic rings. The number of hydrogen-bond donors (Lipinski definition) is 2. The maximum atomic E-state index is 13.1. The third-order valence-electron chi connectivity index (χ3n) is 6.58. The number of methoxy groups -OCH3 is 1. The van der Waals surface area contributed by atoms with Crippen LogP contribution in [0.2, 0.25) is 5.02 Å². The van der Waals surface area contributed by atoms with Gasteiger partial charge in [-0.3, -0.25) is 4.79 Å². The number of amides is 2. The minimum absolute atomic E-state index is 0.0223. The number of carbonyl (C=O) groups is 2. The summed E-state index contributed by atoms with van der Waals surface area (Å²) < 4.78 is 13.8. The molecule has 0 atom stereocenters. The Morgan fingerprint density at radius 3 is 2.60 bits per heavy atom. The van der Waals surface area contributed by atoms with E-state index < -0.39 is 5.60 Å². The monoisotopic (exact) mass is 584 g/mol. The van der Waals surface area contributed by atoms with Crippen molar-refractivity contribution in [2.75, 3.05) is 32.1 Å². The molecule has 0 saturated carbocycles. The van der Waals surface area contributed by atoms with Crippen molar-refractivity contribution in [1.82, 2.24) is 24.8 Å². The zero-order valence-corrected chi connectivity index (χ0v) is 24.6. The number of nitrogens with one attached hydrogen (secondary N) is 2. The first kappa shape index (κ1) is 28.1. The average Bonchev–Trinajstić information content (AvgIpc) is 3.45. The summed E-state index contributed by atoms with van der Waals surface area (Å²) in [6.07, 6.45) is 1.02. The molecule has 0 radical (unpaired) electrons. The molecule has 2 N–H and O–H groups in total. The first-order chi connectivity index (χ1) is 19.1. The van der Waals surface area contributed by atoms with Gasteiger partial charge in [-0.05, 0) is 70.0 Å². The summed E-state index contributed by atoms with van der Waals surface area (Å²) in [5.74, 6) is 0.450. The fraction of sp³-hybridized carbons (Fsp3) is 0.429. The van der Waals surface area contributed by atoms with Gasteiger partial charge < -0.3 is 29.6 Å². The SMILES string of the molecule is COCCn1c(Nc2nc3ccc(Cl)cc3s2)nc2cc(C(=O)NC3CCN(C(=O)OC(C)(C)C)CC3)ccc21. The number of carbonyl (C=O) groups excluding carboxylic acids is 2. The number of nitrogens with zero attached hydrogens (tertiary/aromatic N) is 4. The maximum absolute atomic E-state index is 13.1. The van der Waals surface area contributed by atoms with Crippen molar-refractivity contribution in [3.05, 3.63) is 47.0 Å². The number of rotatable bonds is 7. The highest BCUT2D eigenvalue weighted by atomic mass is 35.5. The number of fused-ring (bicyclic) bond motifs is 2. The molecule has 1 saturated heterocycles. The van der Waals surface area contributed by atoms with Crippen LogP contribution in [0.1, 0.15) is 44.0 Å². The summed E-state index contributed by atoms with van der Waals surface area (Å²) in [7, 11) is 1.66. The first-order valence-corrected chi connectivity index (χ1v) is 14.4. The number of ether oxygens (including phenoxy) is 2. The smallest absolute Gasteiger partial charge is 0.410 e. The number of halogens is 1. The van der Waals surface area contributed by atoms with E-state index in [0.29, 0.717) is 66.3 Å². The van der Waals surface area contributed by atoms with Crippen LogP contribution in [-0.4, -0.2) is 69.9 Å². The van der Waals surface area contributed by atoms with Crippen molar-refractivity contribution in [3.63, 3.8) is 0 Å². The van der Waals surface area contributed by atoms with Gasteiger partial charge >= 0.3 is 6.09 Å². The highest BCUT2D eigenvalue weighted by molar-refractivity contribution is 7.22. The van der Waals surface area contributed by atoms with Crippen LogP contribution in [0.4, 0.5) is 15.9 Å². The Balaban J connectivity index is 1.29. The molecule has 0 aliphatic carbocycles. The van der Waals surface area contributed by atoms with E-state index in [1.807, 2.05) is 55.7 Å². The van der Waals surface area contributed by atoms with E-state index in [4.69, 9.17) is 26.1 Å². The van der Waals surface area contributed by atoms with Crippen LogP contribution in [0, 0.1) is 0 Å². The minimum atomic E-state index is -0.532. The van der Waals surface area contributed by atoms with E-state index in [0.717, 1.165) is 15.7 Å². The summed E-state index contributed by atoms with van der Waals surface area (Å²) in [6, 6.07) is 11.1. The highest BCUT2D eigenvalue weighted by Gasteiger charge is 2.28. The number of anilines is 2. The van der Waals surface area contributed by atoms with Crippen LogP contribution >= 0.6 is 22.9 Å². The van der Waals surface area contributed by atoms with E-state index in [2.05, 4.69) is 15.6 Å². The van der Waals surface area contributed by atoms with E-state index in [1.165, 1.54) is 11.3 Å². The molecule has 5 rings (SSSR count). The zero-order valence-electron chi connectivity index (χ0n) is 23.0. The Bertz CT molecular complexity index is 1540. The molecule has 3 heterocycles. The molecule has 1 aliphatic heterocycles. The fourth-order valence-electron chi connectivity index (χ4n) is 4.62. The van der Waals surface area contributed by atoms with Crippen LogP contribution in [-0.2, 0) is 16.0 Å². The van der Waals surface area contributed by atoms with Gasteiger partial charge in [0.25, 0.3) is 5.91 Å². The molecular formula is C28H33ClN6O4S. The molecule has 0 spiro atoms. The molecule has 2 amide bonds. The normalized spacial score (nSPS) is 14.6. The molecule has 1 aliphatic rings. The van der Waals surface area contributed by atoms with E-state index in [1.54, 1.807) is 18.1 Å². The lowest BCUT2D eigenvalue weighted by Gasteiger charge is -2.33. The number of imidazole rings is 1. The molecule has 2 aromatic heterocycles. The lowest BCUT2D eigenvalue weighted by molar-refractivity contribution is 0.0199. The van der Waals surface area contributed by atoms with Crippen molar-refractivity contribution >= 4 is 67.3 Å². The largest absolute Gasteiger partial charge is 0.444 e. The quantitative estimate of drug-likeness (QED) is 0.282. The molecule has 10 nitrogen and oxygen atoms in total. The van der Waals surface area contributed by atoms with Crippen LogP contribution in [0.15, 0.2) is 36.4 Å². The minimum Gasteiger partial charge on any atom is -0.444 e. The second-order valence-electron chi connectivity index (χ2n) is 10.8. The Kier molecular flexibility index (Phi) is 8.16. The summed E-state index contributed by atoms with van der Waals surface area (Å²) in [4.78, 5) is 36.6. The Morgan fingerprint density at radius 1 is 1.10 bits per heavy atom. The zero-order chi connectivity index (χ0) is 28.4. The molecule has 0 bridgehead atoms. The summed E-state index contributed by atoms with van der Waals surface area (Å²) in [5.41, 5.74) is 2.42. The molecule has 40 heavy (non-hydrogen) atoms. The lowest BCUT2D eigenvalue weighted by Crippen LogP contribution is -2.47. The van der Waals surface area contributed by atoms with Gasteiger partial charge in [-0.1, -0.05) is 22.9 Å². The standard InChI is InChI=1S/C28H33ClN6O4S/c1-28(2,3)39-27(37)34-11-9-19(10-12-34)30-24(36)17-5-8-22-21(15-17)31-25(35(22)13-14-38-4)33-26-32-20-7-6-18(29)16-23(20)40-26/h5-8,15-16,19H,9-14H2,1-4H3,(H,30,36)(H,31,32,33). The number of aromatic nitrogens is 3. The van der Waals surface area contributed by atoms with Crippen LogP contribution in [0.3, 0.4) is 0 Å². The van der Waals surface area contributed by atoms with Gasteiger partial charge in [0, 0.05) is 43.4 Å². The fourth-order valence-corrected chi connectivity index (χ4v) is 5.76. The molecule has 2 aromatic carbocycles. The van der Waals surface area contributed by atoms with Gasteiger partial charge in [0.1, 0.15) is 5.60 Å². The summed E-state index contributed by atoms with van der Waals surface area (Å²) in [5, 5.41) is 7.81. The first-order valence-electron chi connectivity index (χ1n) is 13.2. The number of likely N-dealkylation sites (tertiary alicyclic amines) is 1. The molecule has 0 unspecified atom stereocenters. The topological polar surface area (TPSA) is 111 Å². The van der Waals surface area contributed by atoms with Crippen LogP contribution in [0.5, 0.6) is 0 Å². The van der Waals surface area contributed by atoms with Crippen molar-refractivity contribution in [3.8, 4) is 0 Å². The van der Waals surface area contributed by atoms with Gasteiger partial charge in [-0.15, -0.1) is 0 Å². The third-order valence-corrected chi connectivity index (χ3v) is 7.75. The highest BCUT2D eigenvalue weighted by Crippen LogP contribution is 2.31. The number of benzene rings is 2. The average molecular weight is 585 g/mol.